The van der Waals surface area contributed by atoms with Crippen LogP contribution < -0.4 is 15.4 Å². The molecule has 0 aliphatic heterocycles. The van der Waals surface area contributed by atoms with E-state index in [1.807, 2.05) is 36.2 Å². The maximum Gasteiger partial charge on any atom is 0.170 e. The number of methoxy groups -OCH3 is 1. The predicted octanol–water partition coefficient (Wildman–Crippen LogP) is 2.25. The standard InChI is InChI=1S/C12H15N3OS/c1-3-15(12(13)17)11-7-14-10-5-4-8(16-2)6-9(10)11/h4-7,14H,3H2,1-2H3,(H2,13,17). The molecule has 0 saturated heterocycles. The zero-order valence-electron chi connectivity index (χ0n) is 9.86. The van der Waals surface area contributed by atoms with Crippen LogP contribution in [0.15, 0.2) is 24.4 Å². The van der Waals surface area contributed by atoms with Gasteiger partial charge in [0.2, 0.25) is 0 Å². The second-order valence-electron chi connectivity index (χ2n) is 3.67. The van der Waals surface area contributed by atoms with Crippen molar-refractivity contribution in [1.82, 2.24) is 4.98 Å². The molecule has 0 amide bonds. The Labute approximate surface area is 105 Å². The minimum atomic E-state index is 0.371. The van der Waals surface area contributed by atoms with E-state index in [1.165, 1.54) is 0 Å². The average molecular weight is 249 g/mol. The molecule has 0 radical (unpaired) electrons. The van der Waals surface area contributed by atoms with E-state index in [9.17, 15) is 0 Å². The first kappa shape index (κ1) is 11.7. The van der Waals surface area contributed by atoms with Crippen LogP contribution >= 0.6 is 12.2 Å². The summed E-state index contributed by atoms with van der Waals surface area (Å²) < 4.78 is 5.22. The summed E-state index contributed by atoms with van der Waals surface area (Å²) in [5.74, 6) is 0.817. The van der Waals surface area contributed by atoms with Crippen LogP contribution in [0.2, 0.25) is 0 Å². The van der Waals surface area contributed by atoms with Gasteiger partial charge in [-0.25, -0.2) is 0 Å². The van der Waals surface area contributed by atoms with Gasteiger partial charge in [-0.2, -0.15) is 0 Å². The van der Waals surface area contributed by atoms with Crippen molar-refractivity contribution in [1.29, 1.82) is 0 Å². The van der Waals surface area contributed by atoms with Gasteiger partial charge in [-0.15, -0.1) is 0 Å². The molecule has 3 N–H and O–H groups in total. The Balaban J connectivity index is 2.57. The number of ether oxygens (including phenoxy) is 1. The number of benzene rings is 1. The van der Waals surface area contributed by atoms with Crippen molar-refractivity contribution in [3.63, 3.8) is 0 Å². The summed E-state index contributed by atoms with van der Waals surface area (Å²) in [7, 11) is 1.65. The predicted molar refractivity (Wildman–Crippen MR) is 74.7 cm³/mol. The topological polar surface area (TPSA) is 54.3 Å². The molecule has 1 aromatic heterocycles. The smallest absolute Gasteiger partial charge is 0.170 e. The third-order valence-electron chi connectivity index (χ3n) is 2.74. The highest BCUT2D eigenvalue weighted by molar-refractivity contribution is 7.80. The van der Waals surface area contributed by atoms with Crippen molar-refractivity contribution in [2.75, 3.05) is 18.6 Å². The summed E-state index contributed by atoms with van der Waals surface area (Å²) in [6.07, 6.45) is 1.91. The molecule has 90 valence electrons. The lowest BCUT2D eigenvalue weighted by Crippen LogP contribution is -2.35. The van der Waals surface area contributed by atoms with E-state index < -0.39 is 0 Å². The number of fused-ring (bicyclic) bond motifs is 1. The number of aromatic nitrogens is 1. The third-order valence-corrected chi connectivity index (χ3v) is 2.96. The maximum atomic E-state index is 5.71. The van der Waals surface area contributed by atoms with Crippen molar-refractivity contribution in [3.05, 3.63) is 24.4 Å². The summed E-state index contributed by atoms with van der Waals surface area (Å²) in [5, 5.41) is 1.43. The van der Waals surface area contributed by atoms with Crippen molar-refractivity contribution >= 4 is 33.9 Å². The molecule has 4 nitrogen and oxygen atoms in total. The van der Waals surface area contributed by atoms with Crippen LogP contribution in [-0.4, -0.2) is 23.8 Å². The summed E-state index contributed by atoms with van der Waals surface area (Å²) in [4.78, 5) is 5.08. The van der Waals surface area contributed by atoms with E-state index in [0.717, 1.165) is 28.9 Å². The van der Waals surface area contributed by atoms with Gasteiger partial charge in [-0.1, -0.05) is 0 Å². The Kier molecular flexibility index (Phi) is 3.19. The minimum Gasteiger partial charge on any atom is -0.497 e. The number of rotatable bonds is 3. The van der Waals surface area contributed by atoms with Gasteiger partial charge in [-0.3, -0.25) is 0 Å². The summed E-state index contributed by atoms with van der Waals surface area (Å²) in [6.45, 7) is 2.75. The lowest BCUT2D eigenvalue weighted by atomic mass is 10.2. The van der Waals surface area contributed by atoms with Crippen molar-refractivity contribution in [2.24, 2.45) is 5.73 Å². The fourth-order valence-corrected chi connectivity index (χ4v) is 2.11. The highest BCUT2D eigenvalue weighted by Crippen LogP contribution is 2.29. The summed E-state index contributed by atoms with van der Waals surface area (Å²) in [6, 6.07) is 5.87. The van der Waals surface area contributed by atoms with Gasteiger partial charge in [-0.05, 0) is 37.3 Å². The molecule has 0 aliphatic carbocycles. The molecule has 1 heterocycles. The van der Waals surface area contributed by atoms with E-state index >= 15 is 0 Å². The first-order chi connectivity index (χ1) is 8.17. The molecule has 5 heteroatoms. The molecular formula is C12H15N3OS. The molecule has 1 aromatic carbocycles. The molecule has 0 unspecified atom stereocenters. The van der Waals surface area contributed by atoms with Crippen LogP contribution in [0.1, 0.15) is 6.92 Å². The molecule has 2 rings (SSSR count). The fraction of sp³-hybridized carbons (Fsp3) is 0.250. The van der Waals surface area contributed by atoms with Gasteiger partial charge in [0.25, 0.3) is 0 Å². The first-order valence-electron chi connectivity index (χ1n) is 5.39. The van der Waals surface area contributed by atoms with Crippen LogP contribution in [0.25, 0.3) is 10.9 Å². The monoisotopic (exact) mass is 249 g/mol. The molecule has 0 atom stereocenters. The third kappa shape index (κ3) is 2.06. The normalized spacial score (nSPS) is 10.5. The van der Waals surface area contributed by atoms with Crippen LogP contribution in [0.4, 0.5) is 5.69 Å². The average Bonchev–Trinajstić information content (AvgIpc) is 2.73. The van der Waals surface area contributed by atoms with Crippen molar-refractivity contribution in [2.45, 2.75) is 6.92 Å². The molecular weight excluding hydrogens is 234 g/mol. The molecule has 17 heavy (non-hydrogen) atoms. The van der Waals surface area contributed by atoms with Crippen LogP contribution in [0.3, 0.4) is 0 Å². The van der Waals surface area contributed by atoms with Crippen LogP contribution in [0.5, 0.6) is 5.75 Å². The number of thiocarbonyl (C=S) groups is 1. The first-order valence-corrected chi connectivity index (χ1v) is 5.80. The largest absolute Gasteiger partial charge is 0.497 e. The zero-order valence-corrected chi connectivity index (χ0v) is 10.7. The Hall–Kier alpha value is -1.75. The van der Waals surface area contributed by atoms with Crippen LogP contribution in [-0.2, 0) is 0 Å². The number of hydrogen-bond acceptors (Lipinski definition) is 2. The maximum absolute atomic E-state index is 5.71. The summed E-state index contributed by atoms with van der Waals surface area (Å²) >= 11 is 5.05. The van der Waals surface area contributed by atoms with E-state index in [-0.39, 0.29) is 0 Å². The number of nitrogens with two attached hydrogens (primary N) is 1. The molecule has 0 fully saturated rings. The highest BCUT2D eigenvalue weighted by Gasteiger charge is 2.12. The molecule has 0 bridgehead atoms. The second kappa shape index (κ2) is 4.63. The number of nitrogens with zero attached hydrogens (tertiary/aromatic N) is 1. The quantitative estimate of drug-likeness (QED) is 0.819. The van der Waals surface area contributed by atoms with Crippen LogP contribution in [0, 0.1) is 0 Å². The Bertz CT molecular complexity index is 550. The van der Waals surface area contributed by atoms with Crippen molar-refractivity contribution in [3.8, 4) is 5.75 Å². The Morgan fingerprint density at radius 3 is 2.88 bits per heavy atom. The second-order valence-corrected chi connectivity index (χ2v) is 4.09. The molecule has 0 saturated carbocycles. The van der Waals surface area contributed by atoms with Gasteiger partial charge in [0.15, 0.2) is 5.11 Å². The zero-order chi connectivity index (χ0) is 12.4. The van der Waals surface area contributed by atoms with E-state index in [0.29, 0.717) is 5.11 Å². The summed E-state index contributed by atoms with van der Waals surface area (Å²) in [5.41, 5.74) is 7.73. The fourth-order valence-electron chi connectivity index (χ4n) is 1.88. The lowest BCUT2D eigenvalue weighted by Gasteiger charge is -2.19. The van der Waals surface area contributed by atoms with Gasteiger partial charge in [0.1, 0.15) is 5.75 Å². The van der Waals surface area contributed by atoms with E-state index in [1.54, 1.807) is 7.11 Å². The number of hydrogen-bond donors (Lipinski definition) is 2. The van der Waals surface area contributed by atoms with Gasteiger partial charge in [0, 0.05) is 23.6 Å². The van der Waals surface area contributed by atoms with Gasteiger partial charge < -0.3 is 20.4 Å². The number of aromatic amines is 1. The lowest BCUT2D eigenvalue weighted by molar-refractivity contribution is 0.415. The Morgan fingerprint density at radius 1 is 1.53 bits per heavy atom. The number of H-pyrrole nitrogens is 1. The van der Waals surface area contributed by atoms with Gasteiger partial charge in [0.05, 0.1) is 12.8 Å². The minimum absolute atomic E-state index is 0.371. The SMILES string of the molecule is CCN(C(N)=S)c1c[nH]c2ccc(OC)cc12. The number of anilines is 1. The Morgan fingerprint density at radius 2 is 2.29 bits per heavy atom. The van der Waals surface area contributed by atoms with E-state index in [4.69, 9.17) is 22.7 Å². The molecule has 0 aliphatic rings. The van der Waals surface area contributed by atoms with Crippen molar-refractivity contribution < 1.29 is 4.74 Å². The number of nitrogens with one attached hydrogen (secondary N) is 1. The highest BCUT2D eigenvalue weighted by atomic mass is 32.1. The van der Waals surface area contributed by atoms with Gasteiger partial charge >= 0.3 is 0 Å². The van der Waals surface area contributed by atoms with E-state index in [2.05, 4.69) is 4.98 Å². The molecule has 0 spiro atoms. The molecule has 2 aromatic rings.